The monoisotopic (exact) mass is 385 g/mol. The molecule has 8 heteroatoms. The summed E-state index contributed by atoms with van der Waals surface area (Å²) in [5, 5.41) is 2.82. The molecule has 26 heavy (non-hydrogen) atoms. The van der Waals surface area contributed by atoms with Gasteiger partial charge < -0.3 is 25.4 Å². The largest absolute Gasteiger partial charge is 0.484 e. The fourth-order valence-electron chi connectivity index (χ4n) is 2.77. The zero-order chi connectivity index (χ0) is 18.2. The van der Waals surface area contributed by atoms with Crippen LogP contribution < -0.4 is 15.8 Å². The molecule has 0 spiro atoms. The Morgan fingerprint density at radius 1 is 1.31 bits per heavy atom. The molecule has 2 amide bonds. The molecule has 0 aliphatic carbocycles. The van der Waals surface area contributed by atoms with Crippen LogP contribution in [0.3, 0.4) is 0 Å². The lowest BCUT2D eigenvalue weighted by atomic mass is 10.2. The molecule has 0 radical (unpaired) electrons. The molecular weight excluding hydrogens is 358 g/mol. The maximum Gasteiger partial charge on any atom is 0.260 e. The molecular formula is C18H28ClN3O4. The Hall–Kier alpha value is -1.83. The summed E-state index contributed by atoms with van der Waals surface area (Å²) < 4.78 is 11.1. The molecule has 0 unspecified atom stereocenters. The van der Waals surface area contributed by atoms with Gasteiger partial charge in [-0.05, 0) is 38.8 Å². The van der Waals surface area contributed by atoms with Gasteiger partial charge in [0.1, 0.15) is 11.9 Å². The minimum atomic E-state index is -0.470. The number of ether oxygens (including phenoxy) is 2. The van der Waals surface area contributed by atoms with Crippen molar-refractivity contribution in [1.29, 1.82) is 0 Å². The number of nitrogens with zero attached hydrogens (tertiary/aromatic N) is 1. The number of carbonyl (C=O) groups is 2. The first-order valence-electron chi connectivity index (χ1n) is 8.74. The number of nitrogens with two attached hydrogens (primary N) is 1. The number of rotatable bonds is 8. The van der Waals surface area contributed by atoms with Crippen LogP contribution in [0.1, 0.15) is 26.7 Å². The number of benzene rings is 1. The highest BCUT2D eigenvalue weighted by Crippen LogP contribution is 2.22. The van der Waals surface area contributed by atoms with E-state index < -0.39 is 6.10 Å². The van der Waals surface area contributed by atoms with E-state index >= 15 is 0 Å². The van der Waals surface area contributed by atoms with Crippen molar-refractivity contribution in [2.45, 2.75) is 38.9 Å². The lowest BCUT2D eigenvalue weighted by Crippen LogP contribution is -2.34. The Kier molecular flexibility index (Phi) is 9.40. The summed E-state index contributed by atoms with van der Waals surface area (Å²) in [6, 6.07) is 6.99. The summed E-state index contributed by atoms with van der Waals surface area (Å²) >= 11 is 0. The molecule has 2 atom stereocenters. The lowest BCUT2D eigenvalue weighted by molar-refractivity contribution is -0.133. The minimum absolute atomic E-state index is 0. The molecule has 1 aromatic carbocycles. The number of likely N-dealkylation sites (N-methyl/N-ethyl adjacent to an activating group) is 1. The number of hydrogen-bond donors (Lipinski definition) is 2. The highest BCUT2D eigenvalue weighted by molar-refractivity contribution is 5.94. The van der Waals surface area contributed by atoms with E-state index in [1.54, 1.807) is 29.2 Å². The first-order valence-corrected chi connectivity index (χ1v) is 8.74. The third-order valence-corrected chi connectivity index (χ3v) is 4.24. The quantitative estimate of drug-likeness (QED) is 0.711. The smallest absolute Gasteiger partial charge is 0.260 e. The predicted octanol–water partition coefficient (Wildman–Crippen LogP) is 1.80. The molecule has 0 saturated carbocycles. The van der Waals surface area contributed by atoms with Gasteiger partial charge in [-0.25, -0.2) is 0 Å². The van der Waals surface area contributed by atoms with E-state index in [-0.39, 0.29) is 36.9 Å². The van der Waals surface area contributed by atoms with Gasteiger partial charge in [0, 0.05) is 31.4 Å². The van der Waals surface area contributed by atoms with E-state index in [1.807, 2.05) is 13.8 Å². The maximum absolute atomic E-state index is 12.2. The summed E-state index contributed by atoms with van der Waals surface area (Å²) in [5.41, 5.74) is 6.17. The van der Waals surface area contributed by atoms with Crippen LogP contribution in [0.5, 0.6) is 5.75 Å². The Labute approximate surface area is 160 Å². The van der Waals surface area contributed by atoms with Gasteiger partial charge in [0.05, 0.1) is 6.10 Å². The van der Waals surface area contributed by atoms with Gasteiger partial charge in [-0.3, -0.25) is 9.59 Å². The number of hydrogen-bond acceptors (Lipinski definition) is 5. The summed E-state index contributed by atoms with van der Waals surface area (Å²) in [5.74, 6) is 0.282. The average Bonchev–Trinajstić information content (AvgIpc) is 3.11. The molecule has 1 heterocycles. The van der Waals surface area contributed by atoms with E-state index in [0.29, 0.717) is 37.5 Å². The summed E-state index contributed by atoms with van der Waals surface area (Å²) in [7, 11) is 0. The number of anilines is 1. The number of nitrogens with one attached hydrogen (secondary N) is 1. The van der Waals surface area contributed by atoms with Crippen LogP contribution in [0.2, 0.25) is 0 Å². The third kappa shape index (κ3) is 6.16. The standard InChI is InChI=1S/C18H27N3O4.ClH/c1-3-21(4-2)17(22)12-24-14-7-5-6-13(10-14)20-18(23)16-9-8-15(11-19)25-16;/h5-7,10,15-16H,3-4,8-9,11-12,19H2,1-2H3,(H,20,23);1H/t15-,16+;/m1./s1. The second-order valence-corrected chi connectivity index (χ2v) is 5.93. The van der Waals surface area contributed by atoms with E-state index in [1.165, 1.54) is 0 Å². The molecule has 0 aromatic heterocycles. The lowest BCUT2D eigenvalue weighted by Gasteiger charge is -2.19. The topological polar surface area (TPSA) is 93.9 Å². The first-order chi connectivity index (χ1) is 12.1. The van der Waals surface area contributed by atoms with Crippen molar-refractivity contribution in [2.24, 2.45) is 5.73 Å². The van der Waals surface area contributed by atoms with E-state index in [4.69, 9.17) is 15.2 Å². The van der Waals surface area contributed by atoms with Crippen LogP contribution in [-0.2, 0) is 14.3 Å². The molecule has 1 fully saturated rings. The SMILES string of the molecule is CCN(CC)C(=O)COc1cccc(NC(=O)[C@@H]2CC[C@H](CN)O2)c1.Cl. The third-order valence-electron chi connectivity index (χ3n) is 4.24. The highest BCUT2D eigenvalue weighted by atomic mass is 35.5. The van der Waals surface area contributed by atoms with Crippen molar-refractivity contribution in [3.63, 3.8) is 0 Å². The van der Waals surface area contributed by atoms with Crippen LogP contribution in [0.4, 0.5) is 5.69 Å². The molecule has 1 aliphatic rings. The first kappa shape index (κ1) is 22.2. The van der Waals surface area contributed by atoms with Crippen molar-refractivity contribution < 1.29 is 19.1 Å². The van der Waals surface area contributed by atoms with E-state index in [2.05, 4.69) is 5.32 Å². The van der Waals surface area contributed by atoms with Crippen molar-refractivity contribution in [2.75, 3.05) is 31.6 Å². The highest BCUT2D eigenvalue weighted by Gasteiger charge is 2.29. The molecule has 2 rings (SSSR count). The van der Waals surface area contributed by atoms with Crippen LogP contribution in [-0.4, -0.2) is 55.2 Å². The van der Waals surface area contributed by atoms with E-state index in [0.717, 1.165) is 6.42 Å². The zero-order valence-electron chi connectivity index (χ0n) is 15.3. The van der Waals surface area contributed by atoms with Gasteiger partial charge in [-0.2, -0.15) is 0 Å². The predicted molar refractivity (Wildman–Crippen MR) is 103 cm³/mol. The molecule has 7 nitrogen and oxygen atoms in total. The second kappa shape index (κ2) is 11.0. The summed E-state index contributed by atoms with van der Waals surface area (Å²) in [4.78, 5) is 25.9. The molecule has 1 aromatic rings. The van der Waals surface area contributed by atoms with Gasteiger partial charge in [0.15, 0.2) is 6.61 Å². The van der Waals surface area contributed by atoms with Crippen LogP contribution >= 0.6 is 12.4 Å². The van der Waals surface area contributed by atoms with Gasteiger partial charge >= 0.3 is 0 Å². The van der Waals surface area contributed by atoms with Crippen LogP contribution in [0.15, 0.2) is 24.3 Å². The van der Waals surface area contributed by atoms with Crippen molar-refractivity contribution >= 4 is 29.9 Å². The van der Waals surface area contributed by atoms with E-state index in [9.17, 15) is 9.59 Å². The van der Waals surface area contributed by atoms with Gasteiger partial charge in [-0.15, -0.1) is 12.4 Å². The number of halogens is 1. The Bertz CT molecular complexity index is 596. The van der Waals surface area contributed by atoms with Gasteiger partial charge in [0.25, 0.3) is 11.8 Å². The number of carbonyl (C=O) groups excluding carboxylic acids is 2. The summed E-state index contributed by atoms with van der Waals surface area (Å²) in [6.45, 7) is 5.56. The average molecular weight is 386 g/mol. The second-order valence-electron chi connectivity index (χ2n) is 5.93. The van der Waals surface area contributed by atoms with Gasteiger partial charge in [0.2, 0.25) is 0 Å². The Balaban J connectivity index is 0.00000338. The summed E-state index contributed by atoms with van der Waals surface area (Å²) in [6.07, 6.45) is 0.951. The molecule has 1 aliphatic heterocycles. The molecule has 0 bridgehead atoms. The molecule has 3 N–H and O–H groups in total. The fourth-order valence-corrected chi connectivity index (χ4v) is 2.77. The zero-order valence-corrected chi connectivity index (χ0v) is 16.1. The molecule has 146 valence electrons. The van der Waals surface area contributed by atoms with Crippen molar-refractivity contribution in [1.82, 2.24) is 4.90 Å². The normalized spacial score (nSPS) is 18.7. The van der Waals surface area contributed by atoms with Crippen LogP contribution in [0, 0.1) is 0 Å². The number of amides is 2. The maximum atomic E-state index is 12.2. The Morgan fingerprint density at radius 2 is 2.04 bits per heavy atom. The minimum Gasteiger partial charge on any atom is -0.484 e. The van der Waals surface area contributed by atoms with Crippen molar-refractivity contribution in [3.05, 3.63) is 24.3 Å². The van der Waals surface area contributed by atoms with Crippen LogP contribution in [0.25, 0.3) is 0 Å². The molecule has 1 saturated heterocycles. The fraction of sp³-hybridized carbons (Fsp3) is 0.556. The van der Waals surface area contributed by atoms with Crippen molar-refractivity contribution in [3.8, 4) is 5.75 Å². The van der Waals surface area contributed by atoms with Gasteiger partial charge in [-0.1, -0.05) is 6.07 Å². The Morgan fingerprint density at radius 3 is 2.65 bits per heavy atom.